The number of carbonyl (C=O) groups excluding carboxylic acids is 1. The summed E-state index contributed by atoms with van der Waals surface area (Å²) in [6.07, 6.45) is 5.93. The van der Waals surface area contributed by atoms with Crippen LogP contribution in [-0.4, -0.2) is 12.5 Å². The maximum absolute atomic E-state index is 12.1. The van der Waals surface area contributed by atoms with Crippen LogP contribution >= 0.6 is 11.3 Å². The summed E-state index contributed by atoms with van der Waals surface area (Å²) in [5.74, 6) is 1.58. The van der Waals surface area contributed by atoms with Crippen LogP contribution < -0.4 is 5.32 Å². The second-order valence-corrected chi connectivity index (χ2v) is 7.15. The highest BCUT2D eigenvalue weighted by Crippen LogP contribution is 2.33. The molecule has 0 saturated heterocycles. The molecule has 0 unspecified atom stereocenters. The quantitative estimate of drug-likeness (QED) is 0.866. The van der Waals surface area contributed by atoms with Crippen molar-refractivity contribution in [3.63, 3.8) is 0 Å². The number of aryl methyl sites for hydroxylation is 1. The predicted molar refractivity (Wildman–Crippen MR) is 81.9 cm³/mol. The van der Waals surface area contributed by atoms with Gasteiger partial charge in [-0.3, -0.25) is 4.79 Å². The fourth-order valence-corrected chi connectivity index (χ4v) is 3.75. The van der Waals surface area contributed by atoms with Crippen LogP contribution in [0.4, 0.5) is 0 Å². The van der Waals surface area contributed by atoms with E-state index in [2.05, 4.69) is 32.2 Å². The molecule has 1 atom stereocenters. The summed E-state index contributed by atoms with van der Waals surface area (Å²) in [7, 11) is 0. The molecule has 1 heterocycles. The summed E-state index contributed by atoms with van der Waals surface area (Å²) >= 11 is 1.70. The molecule has 1 aromatic rings. The molecule has 3 heteroatoms. The van der Waals surface area contributed by atoms with Gasteiger partial charge in [0.05, 0.1) is 4.88 Å². The molecule has 2 rings (SSSR count). The van der Waals surface area contributed by atoms with Gasteiger partial charge < -0.3 is 5.32 Å². The van der Waals surface area contributed by atoms with Crippen LogP contribution in [0.5, 0.6) is 0 Å². The number of carbonyl (C=O) groups is 1. The summed E-state index contributed by atoms with van der Waals surface area (Å²) < 4.78 is 0. The zero-order valence-electron chi connectivity index (χ0n) is 12.3. The number of amides is 1. The summed E-state index contributed by atoms with van der Waals surface area (Å²) in [6.45, 7) is 7.42. The van der Waals surface area contributed by atoms with Gasteiger partial charge in [0.1, 0.15) is 0 Å². The van der Waals surface area contributed by atoms with Crippen molar-refractivity contribution in [3.8, 4) is 0 Å². The SMILES string of the molecule is CC[C@@H]1CCc2sc(C(=O)NCCC(C)C)cc2C1. The minimum absolute atomic E-state index is 0.119. The lowest BCUT2D eigenvalue weighted by Crippen LogP contribution is -2.24. The third kappa shape index (κ3) is 3.82. The smallest absolute Gasteiger partial charge is 0.261 e. The minimum atomic E-state index is 0.119. The molecule has 1 aliphatic rings. The van der Waals surface area contributed by atoms with Crippen molar-refractivity contribution in [3.05, 3.63) is 21.4 Å². The van der Waals surface area contributed by atoms with Gasteiger partial charge in [0.25, 0.3) is 5.91 Å². The van der Waals surface area contributed by atoms with E-state index in [0.717, 1.165) is 30.2 Å². The molecule has 0 saturated carbocycles. The van der Waals surface area contributed by atoms with E-state index in [0.29, 0.717) is 5.92 Å². The van der Waals surface area contributed by atoms with Crippen LogP contribution in [-0.2, 0) is 12.8 Å². The molecule has 1 N–H and O–H groups in total. The second-order valence-electron chi connectivity index (χ2n) is 6.01. The Balaban J connectivity index is 1.95. The lowest BCUT2D eigenvalue weighted by molar-refractivity contribution is 0.0956. The van der Waals surface area contributed by atoms with Crippen molar-refractivity contribution >= 4 is 17.2 Å². The zero-order chi connectivity index (χ0) is 13.8. The van der Waals surface area contributed by atoms with E-state index in [1.807, 2.05) is 0 Å². The Kier molecular flexibility index (Phi) is 5.03. The van der Waals surface area contributed by atoms with Gasteiger partial charge in [-0.2, -0.15) is 0 Å². The second kappa shape index (κ2) is 6.56. The van der Waals surface area contributed by atoms with Crippen LogP contribution in [0, 0.1) is 11.8 Å². The fourth-order valence-electron chi connectivity index (χ4n) is 2.62. The van der Waals surface area contributed by atoms with Crippen molar-refractivity contribution in [1.82, 2.24) is 5.32 Å². The van der Waals surface area contributed by atoms with E-state index in [-0.39, 0.29) is 5.91 Å². The van der Waals surface area contributed by atoms with Crippen molar-refractivity contribution in [2.45, 2.75) is 52.9 Å². The normalized spacial score (nSPS) is 18.4. The van der Waals surface area contributed by atoms with E-state index in [9.17, 15) is 4.79 Å². The number of rotatable bonds is 5. The Hall–Kier alpha value is -0.830. The van der Waals surface area contributed by atoms with Gasteiger partial charge in [-0.1, -0.05) is 27.2 Å². The Morgan fingerprint density at radius 1 is 1.53 bits per heavy atom. The molecule has 106 valence electrons. The van der Waals surface area contributed by atoms with Gasteiger partial charge in [-0.05, 0) is 49.1 Å². The highest BCUT2D eigenvalue weighted by molar-refractivity contribution is 7.14. The molecule has 1 aliphatic carbocycles. The molecule has 0 bridgehead atoms. The average molecular weight is 279 g/mol. The number of thiophene rings is 1. The monoisotopic (exact) mass is 279 g/mol. The number of hydrogen-bond donors (Lipinski definition) is 1. The first-order valence-corrected chi connectivity index (χ1v) is 8.31. The Bertz CT molecular complexity index is 436. The largest absolute Gasteiger partial charge is 0.351 e. The van der Waals surface area contributed by atoms with Gasteiger partial charge in [0.15, 0.2) is 0 Å². The Morgan fingerprint density at radius 2 is 2.32 bits per heavy atom. The molecule has 0 radical (unpaired) electrons. The molecular formula is C16H25NOS. The Morgan fingerprint density at radius 3 is 3.00 bits per heavy atom. The van der Waals surface area contributed by atoms with E-state index in [1.54, 1.807) is 11.3 Å². The third-order valence-corrected chi connectivity index (χ3v) is 5.23. The molecule has 19 heavy (non-hydrogen) atoms. The molecular weight excluding hydrogens is 254 g/mol. The minimum Gasteiger partial charge on any atom is -0.351 e. The maximum Gasteiger partial charge on any atom is 0.261 e. The van der Waals surface area contributed by atoms with Gasteiger partial charge >= 0.3 is 0 Å². The first kappa shape index (κ1) is 14.6. The van der Waals surface area contributed by atoms with E-state index in [1.165, 1.54) is 29.7 Å². The van der Waals surface area contributed by atoms with Crippen molar-refractivity contribution < 1.29 is 4.79 Å². The number of nitrogens with one attached hydrogen (secondary N) is 1. The van der Waals surface area contributed by atoms with E-state index < -0.39 is 0 Å². The van der Waals surface area contributed by atoms with Crippen LogP contribution in [0.1, 0.15) is 60.1 Å². The molecule has 0 fully saturated rings. The molecule has 1 aromatic heterocycles. The van der Waals surface area contributed by atoms with Gasteiger partial charge in [0, 0.05) is 11.4 Å². The summed E-state index contributed by atoms with van der Waals surface area (Å²) in [6, 6.07) is 2.13. The van der Waals surface area contributed by atoms with Crippen LogP contribution in [0.2, 0.25) is 0 Å². The molecule has 2 nitrogen and oxygen atoms in total. The Labute approximate surface area is 120 Å². The van der Waals surface area contributed by atoms with Crippen LogP contribution in [0.25, 0.3) is 0 Å². The van der Waals surface area contributed by atoms with Crippen molar-refractivity contribution in [2.24, 2.45) is 11.8 Å². The lowest BCUT2D eigenvalue weighted by atomic mass is 9.87. The standard InChI is InChI=1S/C16H25NOS/c1-4-12-5-6-14-13(9-12)10-15(19-14)16(18)17-8-7-11(2)3/h10-12H,4-9H2,1-3H3,(H,17,18)/t12-/m1/s1. The molecule has 0 aromatic carbocycles. The summed E-state index contributed by atoms with van der Waals surface area (Å²) in [4.78, 5) is 14.4. The number of hydrogen-bond acceptors (Lipinski definition) is 2. The predicted octanol–water partition coefficient (Wildman–Crippen LogP) is 4.04. The molecule has 0 aliphatic heterocycles. The third-order valence-electron chi connectivity index (χ3n) is 3.99. The lowest BCUT2D eigenvalue weighted by Gasteiger charge is -2.19. The van der Waals surface area contributed by atoms with Crippen molar-refractivity contribution in [1.29, 1.82) is 0 Å². The summed E-state index contributed by atoms with van der Waals surface area (Å²) in [5, 5.41) is 3.04. The topological polar surface area (TPSA) is 29.1 Å². The van der Waals surface area contributed by atoms with E-state index >= 15 is 0 Å². The average Bonchev–Trinajstić information content (AvgIpc) is 2.80. The zero-order valence-corrected chi connectivity index (χ0v) is 13.1. The fraction of sp³-hybridized carbons (Fsp3) is 0.688. The summed E-state index contributed by atoms with van der Waals surface area (Å²) in [5.41, 5.74) is 1.43. The van der Waals surface area contributed by atoms with Crippen molar-refractivity contribution in [2.75, 3.05) is 6.54 Å². The highest BCUT2D eigenvalue weighted by atomic mass is 32.1. The van der Waals surface area contributed by atoms with Crippen LogP contribution in [0.3, 0.4) is 0 Å². The molecule has 1 amide bonds. The number of fused-ring (bicyclic) bond motifs is 1. The van der Waals surface area contributed by atoms with Crippen LogP contribution in [0.15, 0.2) is 6.07 Å². The maximum atomic E-state index is 12.1. The first-order valence-electron chi connectivity index (χ1n) is 7.50. The van der Waals surface area contributed by atoms with Gasteiger partial charge in [0.2, 0.25) is 0 Å². The van der Waals surface area contributed by atoms with E-state index in [4.69, 9.17) is 0 Å². The van der Waals surface area contributed by atoms with Gasteiger partial charge in [-0.15, -0.1) is 11.3 Å². The first-order chi connectivity index (χ1) is 9.10. The van der Waals surface area contributed by atoms with Gasteiger partial charge in [-0.25, -0.2) is 0 Å². The highest BCUT2D eigenvalue weighted by Gasteiger charge is 2.21. The molecule has 0 spiro atoms.